The van der Waals surface area contributed by atoms with Crippen molar-refractivity contribution in [3.05, 3.63) is 50.7 Å². The average molecular weight is 442 g/mol. The summed E-state index contributed by atoms with van der Waals surface area (Å²) in [5, 5.41) is 10.8. The van der Waals surface area contributed by atoms with E-state index in [9.17, 15) is 14.7 Å². The van der Waals surface area contributed by atoms with Crippen molar-refractivity contribution >= 4 is 17.1 Å². The Morgan fingerprint density at radius 2 is 1.88 bits per heavy atom. The van der Waals surface area contributed by atoms with Crippen LogP contribution >= 0.6 is 0 Å². The molecule has 172 valence electrons. The van der Waals surface area contributed by atoms with E-state index >= 15 is 0 Å². The maximum absolute atomic E-state index is 13.0. The lowest BCUT2D eigenvalue weighted by atomic mass is 10.1. The third kappa shape index (κ3) is 4.17. The molecule has 3 aromatic rings. The van der Waals surface area contributed by atoms with Crippen LogP contribution in [0, 0.1) is 0 Å². The van der Waals surface area contributed by atoms with Crippen molar-refractivity contribution in [1.82, 2.24) is 18.7 Å². The minimum Gasteiger partial charge on any atom is -0.491 e. The van der Waals surface area contributed by atoms with E-state index in [1.807, 2.05) is 24.3 Å². The molecule has 1 aliphatic rings. The van der Waals surface area contributed by atoms with Crippen molar-refractivity contribution in [2.75, 3.05) is 24.6 Å². The molecule has 1 saturated heterocycles. The van der Waals surface area contributed by atoms with Gasteiger partial charge in [0.15, 0.2) is 11.2 Å². The number of benzene rings is 1. The largest absolute Gasteiger partial charge is 0.491 e. The predicted molar refractivity (Wildman–Crippen MR) is 124 cm³/mol. The topological polar surface area (TPSA) is 94.5 Å². The number of rotatable bonds is 7. The van der Waals surface area contributed by atoms with Gasteiger partial charge in [-0.15, -0.1) is 0 Å². The van der Waals surface area contributed by atoms with Gasteiger partial charge in [-0.25, -0.2) is 4.79 Å². The van der Waals surface area contributed by atoms with Crippen molar-refractivity contribution in [3.8, 4) is 5.75 Å². The average Bonchev–Trinajstić information content (AvgIpc) is 3.20. The molecule has 32 heavy (non-hydrogen) atoms. The first kappa shape index (κ1) is 22.1. The monoisotopic (exact) mass is 441 g/mol. The molecule has 0 spiro atoms. The van der Waals surface area contributed by atoms with Crippen LogP contribution in [0.15, 0.2) is 33.9 Å². The normalized spacial score (nSPS) is 15.3. The molecule has 1 aliphatic heterocycles. The lowest BCUT2D eigenvalue weighted by molar-refractivity contribution is 0.0935. The van der Waals surface area contributed by atoms with Crippen LogP contribution in [0.1, 0.15) is 31.7 Å². The van der Waals surface area contributed by atoms with Gasteiger partial charge in [-0.1, -0.05) is 19.1 Å². The number of nitrogens with zero attached hydrogens (tertiary/aromatic N) is 5. The predicted octanol–water partition coefficient (Wildman–Crippen LogP) is 1.43. The molecule has 1 N–H and O–H groups in total. The summed E-state index contributed by atoms with van der Waals surface area (Å²) in [4.78, 5) is 32.2. The second-order valence-corrected chi connectivity index (χ2v) is 8.41. The van der Waals surface area contributed by atoms with Crippen molar-refractivity contribution in [1.29, 1.82) is 0 Å². The third-order valence-corrected chi connectivity index (χ3v) is 6.11. The zero-order valence-electron chi connectivity index (χ0n) is 19.0. The van der Waals surface area contributed by atoms with Gasteiger partial charge in [0.1, 0.15) is 18.5 Å². The summed E-state index contributed by atoms with van der Waals surface area (Å²) < 4.78 is 10.0. The molecule has 3 heterocycles. The van der Waals surface area contributed by atoms with Gasteiger partial charge in [0.25, 0.3) is 5.56 Å². The van der Waals surface area contributed by atoms with Gasteiger partial charge in [-0.3, -0.25) is 13.9 Å². The van der Waals surface area contributed by atoms with E-state index in [0.29, 0.717) is 22.9 Å². The Labute approximate surface area is 186 Å². The molecular formula is C23H31N5O4. The van der Waals surface area contributed by atoms with Crippen molar-refractivity contribution in [2.24, 2.45) is 14.1 Å². The van der Waals surface area contributed by atoms with Crippen LogP contribution in [0.5, 0.6) is 5.75 Å². The number of hydrogen-bond acceptors (Lipinski definition) is 6. The van der Waals surface area contributed by atoms with Gasteiger partial charge < -0.3 is 19.3 Å². The van der Waals surface area contributed by atoms with Gasteiger partial charge in [-0.2, -0.15) is 4.98 Å². The number of ether oxygens (including phenoxy) is 1. The first-order chi connectivity index (χ1) is 15.4. The summed E-state index contributed by atoms with van der Waals surface area (Å²) in [5.74, 6) is 1.32. The van der Waals surface area contributed by atoms with E-state index < -0.39 is 17.4 Å². The molecule has 4 rings (SSSR count). The minimum atomic E-state index is -0.858. The van der Waals surface area contributed by atoms with E-state index in [1.165, 1.54) is 11.6 Å². The summed E-state index contributed by atoms with van der Waals surface area (Å²) >= 11 is 0. The summed E-state index contributed by atoms with van der Waals surface area (Å²) in [5.41, 5.74) is 0.985. The summed E-state index contributed by atoms with van der Waals surface area (Å²) in [6, 6.07) is 7.79. The maximum atomic E-state index is 13.0. The van der Waals surface area contributed by atoms with E-state index in [-0.39, 0.29) is 13.2 Å². The number of hydrogen-bond donors (Lipinski definition) is 1. The van der Waals surface area contributed by atoms with Crippen LogP contribution in [0.2, 0.25) is 0 Å². The highest BCUT2D eigenvalue weighted by Gasteiger charge is 2.25. The number of aliphatic hydroxyl groups is 1. The van der Waals surface area contributed by atoms with Crippen molar-refractivity contribution < 1.29 is 9.84 Å². The number of aryl methyl sites for hydroxylation is 2. The Morgan fingerprint density at radius 1 is 1.12 bits per heavy atom. The van der Waals surface area contributed by atoms with Gasteiger partial charge in [0, 0.05) is 27.2 Å². The van der Waals surface area contributed by atoms with Crippen LogP contribution in [-0.2, 0) is 27.1 Å². The third-order valence-electron chi connectivity index (χ3n) is 6.11. The Morgan fingerprint density at radius 3 is 2.59 bits per heavy atom. The lowest BCUT2D eigenvalue weighted by Gasteiger charge is -2.28. The number of aliphatic hydroxyl groups excluding tert-OH is 1. The highest BCUT2D eigenvalue weighted by Crippen LogP contribution is 2.24. The molecule has 0 radical (unpaired) electrons. The van der Waals surface area contributed by atoms with Crippen molar-refractivity contribution in [3.63, 3.8) is 0 Å². The highest BCUT2D eigenvalue weighted by molar-refractivity contribution is 5.74. The molecule has 9 nitrogen and oxygen atoms in total. The molecular weight excluding hydrogens is 410 g/mol. The quantitative estimate of drug-likeness (QED) is 0.596. The second kappa shape index (κ2) is 9.20. The smallest absolute Gasteiger partial charge is 0.332 e. The SMILES string of the molecule is CCc1cccc(OC[C@@H](O)Cn2c(N3CCCCC3)nc3c2c(=O)n(C)c(=O)n3C)c1. The van der Waals surface area contributed by atoms with E-state index in [1.54, 1.807) is 11.6 Å². The number of aromatic nitrogens is 4. The molecule has 0 aliphatic carbocycles. The van der Waals surface area contributed by atoms with Crippen LogP contribution in [0.25, 0.3) is 11.2 Å². The number of anilines is 1. The molecule has 1 atom stereocenters. The summed E-state index contributed by atoms with van der Waals surface area (Å²) in [6.45, 7) is 3.96. The lowest BCUT2D eigenvalue weighted by Crippen LogP contribution is -2.38. The number of imidazole rings is 1. The molecule has 1 fully saturated rings. The van der Waals surface area contributed by atoms with E-state index in [4.69, 9.17) is 4.74 Å². The minimum absolute atomic E-state index is 0.0817. The first-order valence-electron chi connectivity index (χ1n) is 11.2. The summed E-state index contributed by atoms with van der Waals surface area (Å²) in [7, 11) is 3.07. The Bertz CT molecular complexity index is 1220. The molecule has 0 amide bonds. The Kier molecular flexibility index (Phi) is 6.36. The van der Waals surface area contributed by atoms with Gasteiger partial charge in [-0.05, 0) is 43.4 Å². The molecule has 2 aromatic heterocycles. The zero-order chi connectivity index (χ0) is 22.8. The molecule has 1 aromatic carbocycles. The number of fused-ring (bicyclic) bond motifs is 1. The molecule has 0 bridgehead atoms. The van der Waals surface area contributed by atoms with Crippen LogP contribution in [0.3, 0.4) is 0 Å². The molecule has 0 saturated carbocycles. The van der Waals surface area contributed by atoms with Gasteiger partial charge in [0.05, 0.1) is 6.54 Å². The second-order valence-electron chi connectivity index (χ2n) is 8.41. The fraction of sp³-hybridized carbons (Fsp3) is 0.522. The van der Waals surface area contributed by atoms with Crippen LogP contribution in [-0.4, -0.2) is 49.6 Å². The highest BCUT2D eigenvalue weighted by atomic mass is 16.5. The van der Waals surface area contributed by atoms with E-state index in [2.05, 4.69) is 16.8 Å². The number of piperidine rings is 1. The summed E-state index contributed by atoms with van der Waals surface area (Å²) in [6.07, 6.45) is 3.29. The standard InChI is InChI=1S/C23H31N5O4/c1-4-16-9-8-10-18(13-16)32-15-17(29)14-28-19-20(25(2)23(31)26(3)21(19)30)24-22(28)27-11-6-5-7-12-27/h8-10,13,17,29H,4-7,11-12,14-15H2,1-3H3/t17-/m0/s1. The first-order valence-corrected chi connectivity index (χ1v) is 11.2. The Balaban J connectivity index is 1.67. The van der Waals surface area contributed by atoms with Crippen molar-refractivity contribution in [2.45, 2.75) is 45.3 Å². The van der Waals surface area contributed by atoms with Gasteiger partial charge >= 0.3 is 5.69 Å². The fourth-order valence-corrected chi connectivity index (χ4v) is 4.25. The Hall–Kier alpha value is -3.07. The van der Waals surface area contributed by atoms with Crippen LogP contribution in [0.4, 0.5) is 5.95 Å². The molecule has 0 unspecified atom stereocenters. The molecule has 9 heteroatoms. The van der Waals surface area contributed by atoms with Crippen LogP contribution < -0.4 is 20.9 Å². The van der Waals surface area contributed by atoms with E-state index in [0.717, 1.165) is 48.9 Å². The van der Waals surface area contributed by atoms with Gasteiger partial charge in [0.2, 0.25) is 5.95 Å². The maximum Gasteiger partial charge on any atom is 0.332 e. The zero-order valence-corrected chi connectivity index (χ0v) is 19.0. The fourth-order valence-electron chi connectivity index (χ4n) is 4.25.